The van der Waals surface area contributed by atoms with Gasteiger partial charge in [0.2, 0.25) is 0 Å². The molecule has 20 heavy (non-hydrogen) atoms. The lowest BCUT2D eigenvalue weighted by molar-refractivity contribution is 0.0992. The van der Waals surface area contributed by atoms with Gasteiger partial charge in [0.1, 0.15) is 5.75 Å². The van der Waals surface area contributed by atoms with Gasteiger partial charge >= 0.3 is 0 Å². The van der Waals surface area contributed by atoms with Crippen molar-refractivity contribution in [1.29, 1.82) is 0 Å². The van der Waals surface area contributed by atoms with Gasteiger partial charge in [0.05, 0.1) is 7.11 Å². The fourth-order valence-corrected chi connectivity index (χ4v) is 2.51. The summed E-state index contributed by atoms with van der Waals surface area (Å²) in [7, 11) is 1.60. The molecule has 0 radical (unpaired) electrons. The molecular weight excluding hydrogens is 316 g/mol. The summed E-state index contributed by atoms with van der Waals surface area (Å²) < 4.78 is 5.97. The van der Waals surface area contributed by atoms with Crippen molar-refractivity contribution < 1.29 is 9.53 Å². The number of halogens is 1. The summed E-state index contributed by atoms with van der Waals surface area (Å²) in [6.07, 6.45) is 0.396. The number of methoxy groups -OCH3 is 1. The van der Waals surface area contributed by atoms with Crippen molar-refractivity contribution in [3.8, 4) is 5.75 Å². The van der Waals surface area contributed by atoms with Crippen LogP contribution in [-0.4, -0.2) is 12.9 Å². The number of hydrogen-bond acceptors (Lipinski definition) is 2. The third-order valence-electron chi connectivity index (χ3n) is 3.41. The normalized spacial score (nSPS) is 10.4. The van der Waals surface area contributed by atoms with Gasteiger partial charge in [-0.25, -0.2) is 0 Å². The molecule has 0 fully saturated rings. The van der Waals surface area contributed by atoms with Crippen LogP contribution in [0.25, 0.3) is 0 Å². The molecule has 0 aliphatic heterocycles. The van der Waals surface area contributed by atoms with Gasteiger partial charge in [0, 0.05) is 16.5 Å². The Labute approximate surface area is 127 Å². The molecule has 3 heteroatoms. The standard InChI is InChI=1S/C17H17BrO2/c1-11-4-5-13(8-12(11)2)9-17(19)15-10-14(20-3)6-7-16(15)18/h4-8,10H,9H2,1-3H3. The third-order valence-corrected chi connectivity index (χ3v) is 4.10. The Morgan fingerprint density at radius 1 is 1.10 bits per heavy atom. The van der Waals surface area contributed by atoms with Gasteiger partial charge < -0.3 is 4.74 Å². The van der Waals surface area contributed by atoms with Crippen LogP contribution in [0.4, 0.5) is 0 Å². The molecule has 0 bridgehead atoms. The second-order valence-corrected chi connectivity index (χ2v) is 5.72. The van der Waals surface area contributed by atoms with Gasteiger partial charge in [0.25, 0.3) is 0 Å². The van der Waals surface area contributed by atoms with E-state index in [0.717, 1.165) is 10.0 Å². The lowest BCUT2D eigenvalue weighted by Gasteiger charge is -2.08. The van der Waals surface area contributed by atoms with Crippen LogP contribution in [0.2, 0.25) is 0 Å². The van der Waals surface area contributed by atoms with Gasteiger partial charge in [-0.15, -0.1) is 0 Å². The van der Waals surface area contributed by atoms with Crippen molar-refractivity contribution >= 4 is 21.7 Å². The van der Waals surface area contributed by atoms with E-state index in [0.29, 0.717) is 17.7 Å². The maximum atomic E-state index is 12.4. The molecule has 2 aromatic carbocycles. The molecule has 2 rings (SSSR count). The Hall–Kier alpha value is -1.61. The predicted molar refractivity (Wildman–Crippen MR) is 84.6 cm³/mol. The Morgan fingerprint density at radius 3 is 2.50 bits per heavy atom. The van der Waals surface area contributed by atoms with Crippen LogP contribution in [0.5, 0.6) is 5.75 Å². The molecule has 0 spiro atoms. The molecule has 2 nitrogen and oxygen atoms in total. The molecule has 0 heterocycles. The van der Waals surface area contributed by atoms with E-state index in [1.54, 1.807) is 13.2 Å². The zero-order valence-electron chi connectivity index (χ0n) is 11.9. The number of aryl methyl sites for hydroxylation is 2. The predicted octanol–water partition coefficient (Wildman–Crippen LogP) is 4.50. The average molecular weight is 333 g/mol. The number of rotatable bonds is 4. The van der Waals surface area contributed by atoms with Gasteiger partial charge in [-0.05, 0) is 48.7 Å². The minimum atomic E-state index is 0.0824. The minimum absolute atomic E-state index is 0.0824. The lowest BCUT2D eigenvalue weighted by atomic mass is 9.99. The summed E-state index contributed by atoms with van der Waals surface area (Å²) >= 11 is 3.42. The van der Waals surface area contributed by atoms with Crippen LogP contribution in [0.1, 0.15) is 27.0 Å². The van der Waals surface area contributed by atoms with Gasteiger partial charge in [0.15, 0.2) is 5.78 Å². The number of ether oxygens (including phenoxy) is 1. The van der Waals surface area contributed by atoms with Crippen LogP contribution in [0.15, 0.2) is 40.9 Å². The molecule has 0 amide bonds. The summed E-state index contributed by atoms with van der Waals surface area (Å²) in [4.78, 5) is 12.4. The number of hydrogen-bond donors (Lipinski definition) is 0. The number of carbonyl (C=O) groups is 1. The summed E-state index contributed by atoms with van der Waals surface area (Å²) in [5.41, 5.74) is 4.14. The van der Waals surface area contributed by atoms with E-state index in [-0.39, 0.29) is 5.78 Å². The quantitative estimate of drug-likeness (QED) is 0.770. The maximum absolute atomic E-state index is 12.4. The largest absolute Gasteiger partial charge is 0.497 e. The third kappa shape index (κ3) is 3.28. The van der Waals surface area contributed by atoms with E-state index >= 15 is 0 Å². The Balaban J connectivity index is 2.25. The van der Waals surface area contributed by atoms with Crippen LogP contribution in [0, 0.1) is 13.8 Å². The number of Topliss-reactive ketones (excluding diaryl/α,β-unsaturated/α-hetero) is 1. The van der Waals surface area contributed by atoms with Crippen LogP contribution in [-0.2, 0) is 6.42 Å². The second kappa shape index (κ2) is 6.23. The molecule has 0 aliphatic carbocycles. The zero-order chi connectivity index (χ0) is 14.7. The highest BCUT2D eigenvalue weighted by atomic mass is 79.9. The van der Waals surface area contributed by atoms with E-state index in [9.17, 15) is 4.79 Å². The van der Waals surface area contributed by atoms with Crippen LogP contribution >= 0.6 is 15.9 Å². The molecule has 0 unspecified atom stereocenters. The molecule has 104 valence electrons. The van der Waals surface area contributed by atoms with Gasteiger partial charge in [-0.2, -0.15) is 0 Å². The Bertz CT molecular complexity index is 647. The molecule has 0 saturated heterocycles. The van der Waals surface area contributed by atoms with E-state index < -0.39 is 0 Å². The average Bonchev–Trinajstić information content (AvgIpc) is 2.43. The van der Waals surface area contributed by atoms with Crippen molar-refractivity contribution in [2.45, 2.75) is 20.3 Å². The maximum Gasteiger partial charge on any atom is 0.168 e. The molecule has 0 atom stereocenters. The fourth-order valence-electron chi connectivity index (χ4n) is 2.04. The smallest absolute Gasteiger partial charge is 0.168 e. The van der Waals surface area contributed by atoms with E-state index in [4.69, 9.17) is 4.74 Å². The summed E-state index contributed by atoms with van der Waals surface area (Å²) in [6, 6.07) is 11.6. The van der Waals surface area contributed by atoms with Gasteiger partial charge in [-0.1, -0.05) is 34.1 Å². The minimum Gasteiger partial charge on any atom is -0.497 e. The van der Waals surface area contributed by atoms with Crippen molar-refractivity contribution in [3.63, 3.8) is 0 Å². The second-order valence-electron chi connectivity index (χ2n) is 4.86. The molecule has 0 saturated carbocycles. The molecule has 2 aromatic rings. The Morgan fingerprint density at radius 2 is 1.85 bits per heavy atom. The first-order chi connectivity index (χ1) is 9.51. The first kappa shape index (κ1) is 14.8. The van der Waals surface area contributed by atoms with Crippen molar-refractivity contribution in [2.24, 2.45) is 0 Å². The summed E-state index contributed by atoms with van der Waals surface area (Å²) in [6.45, 7) is 4.13. The highest BCUT2D eigenvalue weighted by Gasteiger charge is 2.12. The van der Waals surface area contributed by atoms with E-state index in [2.05, 4.69) is 41.9 Å². The van der Waals surface area contributed by atoms with Crippen LogP contribution < -0.4 is 4.74 Å². The highest BCUT2D eigenvalue weighted by Crippen LogP contribution is 2.24. The summed E-state index contributed by atoms with van der Waals surface area (Å²) in [5.74, 6) is 0.774. The van der Waals surface area contributed by atoms with Gasteiger partial charge in [-0.3, -0.25) is 4.79 Å². The van der Waals surface area contributed by atoms with Crippen LogP contribution in [0.3, 0.4) is 0 Å². The molecular formula is C17H17BrO2. The highest BCUT2D eigenvalue weighted by molar-refractivity contribution is 9.10. The monoisotopic (exact) mass is 332 g/mol. The topological polar surface area (TPSA) is 26.3 Å². The number of ketones is 1. The van der Waals surface area contributed by atoms with Crippen molar-refractivity contribution in [2.75, 3.05) is 7.11 Å². The molecule has 0 aromatic heterocycles. The van der Waals surface area contributed by atoms with E-state index in [1.165, 1.54) is 11.1 Å². The Kier molecular flexibility index (Phi) is 4.61. The SMILES string of the molecule is COc1ccc(Br)c(C(=O)Cc2ccc(C)c(C)c2)c1. The van der Waals surface area contributed by atoms with Crippen molar-refractivity contribution in [3.05, 3.63) is 63.1 Å². The van der Waals surface area contributed by atoms with Crippen molar-refractivity contribution in [1.82, 2.24) is 0 Å². The number of carbonyl (C=O) groups excluding carboxylic acids is 1. The molecule has 0 aliphatic rings. The lowest BCUT2D eigenvalue weighted by Crippen LogP contribution is -2.05. The summed E-state index contributed by atoms with van der Waals surface area (Å²) in [5, 5.41) is 0. The zero-order valence-corrected chi connectivity index (χ0v) is 13.5. The molecule has 0 N–H and O–H groups in total. The number of benzene rings is 2. The fraction of sp³-hybridized carbons (Fsp3) is 0.235. The first-order valence-electron chi connectivity index (χ1n) is 6.44. The first-order valence-corrected chi connectivity index (χ1v) is 7.23. The van der Waals surface area contributed by atoms with E-state index in [1.807, 2.05) is 18.2 Å².